The van der Waals surface area contributed by atoms with Crippen LogP contribution in [0.4, 0.5) is 13.2 Å². The van der Waals surface area contributed by atoms with Gasteiger partial charge in [0.15, 0.2) is 0 Å². The highest BCUT2D eigenvalue weighted by molar-refractivity contribution is 7.87. The van der Waals surface area contributed by atoms with Crippen molar-refractivity contribution >= 4 is 10.1 Å². The summed E-state index contributed by atoms with van der Waals surface area (Å²) >= 11 is 0. The van der Waals surface area contributed by atoms with Crippen molar-refractivity contribution < 1.29 is 25.8 Å². The van der Waals surface area contributed by atoms with E-state index in [0.717, 1.165) is 12.8 Å². The predicted octanol–water partition coefficient (Wildman–Crippen LogP) is 2.80. The van der Waals surface area contributed by atoms with Crippen molar-refractivity contribution in [2.45, 2.75) is 31.7 Å². The molecular weight excluding hydrogens is 257 g/mol. The molecule has 0 N–H and O–H groups in total. The molecule has 0 aliphatic heterocycles. The second kappa shape index (κ2) is 3.90. The fourth-order valence-corrected chi connectivity index (χ4v) is 3.15. The van der Waals surface area contributed by atoms with Gasteiger partial charge in [0, 0.05) is 6.42 Å². The van der Waals surface area contributed by atoms with Gasteiger partial charge in [-0.2, -0.15) is 21.6 Å². The molecule has 0 amide bonds. The van der Waals surface area contributed by atoms with Gasteiger partial charge < -0.3 is 4.18 Å². The summed E-state index contributed by atoms with van der Waals surface area (Å²) in [4.78, 5) is 0. The fraction of sp³-hybridized carbons (Fsp3) is 0.800. The molecule has 3 unspecified atom stereocenters. The Hall–Kier alpha value is -0.720. The van der Waals surface area contributed by atoms with Crippen LogP contribution in [0.5, 0.6) is 0 Å². The molecule has 2 bridgehead atoms. The van der Waals surface area contributed by atoms with Crippen molar-refractivity contribution in [2.75, 3.05) is 0 Å². The Morgan fingerprint density at radius 2 is 2.00 bits per heavy atom. The van der Waals surface area contributed by atoms with Crippen LogP contribution in [0.3, 0.4) is 0 Å². The Labute approximate surface area is 97.8 Å². The number of alkyl halides is 3. The van der Waals surface area contributed by atoms with Crippen LogP contribution in [0.15, 0.2) is 11.8 Å². The molecule has 0 heterocycles. The lowest BCUT2D eigenvalue weighted by Gasteiger charge is -2.21. The maximum absolute atomic E-state index is 12.1. The Kier molecular flexibility index (Phi) is 2.92. The van der Waals surface area contributed by atoms with Gasteiger partial charge in [-0.25, -0.2) is 0 Å². The van der Waals surface area contributed by atoms with Gasteiger partial charge in [-0.05, 0) is 36.7 Å². The molecule has 2 aliphatic carbocycles. The van der Waals surface area contributed by atoms with Crippen molar-refractivity contribution in [2.24, 2.45) is 17.8 Å². The van der Waals surface area contributed by atoms with E-state index >= 15 is 0 Å². The van der Waals surface area contributed by atoms with Crippen molar-refractivity contribution in [3.63, 3.8) is 0 Å². The summed E-state index contributed by atoms with van der Waals surface area (Å²) in [5, 5.41) is 0. The molecule has 0 radical (unpaired) electrons. The average Bonchev–Trinajstić information content (AvgIpc) is 2.38. The Bertz CT molecular complexity index is 436. The first-order chi connectivity index (χ1) is 7.69. The molecule has 0 aromatic rings. The van der Waals surface area contributed by atoms with Crippen molar-refractivity contribution in [3.8, 4) is 0 Å². The summed E-state index contributed by atoms with van der Waals surface area (Å²) in [6.07, 6.45) is 3.62. The third-order valence-corrected chi connectivity index (χ3v) is 4.47. The van der Waals surface area contributed by atoms with E-state index in [0.29, 0.717) is 5.92 Å². The molecule has 0 saturated heterocycles. The molecule has 1 saturated carbocycles. The minimum Gasteiger partial charge on any atom is -0.381 e. The van der Waals surface area contributed by atoms with Crippen molar-refractivity contribution in [1.82, 2.24) is 0 Å². The molecule has 3 atom stereocenters. The van der Waals surface area contributed by atoms with E-state index in [9.17, 15) is 21.6 Å². The largest absolute Gasteiger partial charge is 0.534 e. The predicted molar refractivity (Wildman–Crippen MR) is 54.1 cm³/mol. The van der Waals surface area contributed by atoms with Crippen molar-refractivity contribution in [3.05, 3.63) is 11.8 Å². The van der Waals surface area contributed by atoms with Crippen LogP contribution < -0.4 is 0 Å². The van der Waals surface area contributed by atoms with Gasteiger partial charge in [0.05, 0.1) is 0 Å². The number of allylic oxidation sites excluding steroid dienone is 2. The summed E-state index contributed by atoms with van der Waals surface area (Å²) < 4.78 is 62.3. The van der Waals surface area contributed by atoms with E-state index in [4.69, 9.17) is 0 Å². The summed E-state index contributed by atoms with van der Waals surface area (Å²) in [5.74, 6) is 0.754. The summed E-state index contributed by atoms with van der Waals surface area (Å²) in [6, 6.07) is 0. The highest BCUT2D eigenvalue weighted by atomic mass is 32.2. The van der Waals surface area contributed by atoms with Crippen LogP contribution in [0.25, 0.3) is 0 Å². The minimum absolute atomic E-state index is 0.0482. The van der Waals surface area contributed by atoms with E-state index in [1.54, 1.807) is 0 Å². The van der Waals surface area contributed by atoms with Gasteiger partial charge in [0.1, 0.15) is 5.76 Å². The van der Waals surface area contributed by atoms with E-state index in [1.807, 2.05) is 6.92 Å². The van der Waals surface area contributed by atoms with Gasteiger partial charge >= 0.3 is 15.6 Å². The quantitative estimate of drug-likeness (QED) is 0.572. The molecule has 0 aromatic carbocycles. The zero-order valence-corrected chi connectivity index (χ0v) is 10.0. The average molecular weight is 270 g/mol. The lowest BCUT2D eigenvalue weighted by atomic mass is 9.91. The molecule has 2 aliphatic rings. The van der Waals surface area contributed by atoms with Gasteiger partial charge in [0.2, 0.25) is 0 Å². The topological polar surface area (TPSA) is 43.4 Å². The number of hydrogen-bond donors (Lipinski definition) is 0. The molecule has 2 rings (SSSR count). The smallest absolute Gasteiger partial charge is 0.381 e. The third-order valence-electron chi connectivity index (χ3n) is 3.47. The second-order valence-electron chi connectivity index (χ2n) is 4.79. The lowest BCUT2D eigenvalue weighted by Crippen LogP contribution is -2.26. The lowest BCUT2D eigenvalue weighted by molar-refractivity contribution is -0.0525. The van der Waals surface area contributed by atoms with Gasteiger partial charge in [-0.15, -0.1) is 0 Å². The Balaban J connectivity index is 2.12. The first-order valence-electron chi connectivity index (χ1n) is 5.40. The second-order valence-corrected chi connectivity index (χ2v) is 6.33. The number of halogens is 3. The van der Waals surface area contributed by atoms with Crippen LogP contribution >= 0.6 is 0 Å². The first-order valence-corrected chi connectivity index (χ1v) is 6.81. The number of hydrogen-bond acceptors (Lipinski definition) is 3. The monoisotopic (exact) mass is 270 g/mol. The van der Waals surface area contributed by atoms with Gasteiger partial charge in [0.25, 0.3) is 0 Å². The fourth-order valence-electron chi connectivity index (χ4n) is 2.65. The SMILES string of the molecule is CC1CC2C=C(OS(=O)(=O)C(F)(F)F)CC1C2. The first kappa shape index (κ1) is 12.7. The highest BCUT2D eigenvalue weighted by Crippen LogP contribution is 2.45. The maximum Gasteiger partial charge on any atom is 0.534 e. The van der Waals surface area contributed by atoms with Crippen LogP contribution in [-0.2, 0) is 14.3 Å². The summed E-state index contributed by atoms with van der Waals surface area (Å²) in [6.45, 7) is 2.03. The summed E-state index contributed by atoms with van der Waals surface area (Å²) in [7, 11) is -5.50. The minimum atomic E-state index is -5.50. The van der Waals surface area contributed by atoms with E-state index in [-0.39, 0.29) is 24.0 Å². The molecule has 0 aromatic heterocycles. The Morgan fingerprint density at radius 3 is 2.53 bits per heavy atom. The molecule has 1 fully saturated rings. The highest BCUT2D eigenvalue weighted by Gasteiger charge is 2.49. The Morgan fingerprint density at radius 1 is 1.35 bits per heavy atom. The van der Waals surface area contributed by atoms with Crippen LogP contribution in [-0.4, -0.2) is 13.9 Å². The van der Waals surface area contributed by atoms with Gasteiger partial charge in [-0.3, -0.25) is 0 Å². The zero-order valence-electron chi connectivity index (χ0n) is 9.20. The third kappa shape index (κ3) is 2.43. The molecule has 3 nitrogen and oxygen atoms in total. The number of fused-ring (bicyclic) bond motifs is 2. The van der Waals surface area contributed by atoms with E-state index in [1.165, 1.54) is 6.08 Å². The van der Waals surface area contributed by atoms with Crippen molar-refractivity contribution in [1.29, 1.82) is 0 Å². The number of rotatable bonds is 2. The van der Waals surface area contributed by atoms with Crippen LogP contribution in [0, 0.1) is 17.8 Å². The molecular formula is C10H13F3O3S. The van der Waals surface area contributed by atoms with Crippen LogP contribution in [0.1, 0.15) is 26.2 Å². The molecule has 7 heteroatoms. The normalized spacial score (nSPS) is 33.4. The van der Waals surface area contributed by atoms with Crippen LogP contribution in [0.2, 0.25) is 0 Å². The van der Waals surface area contributed by atoms with Gasteiger partial charge in [-0.1, -0.05) is 6.92 Å². The summed E-state index contributed by atoms with van der Waals surface area (Å²) in [5.41, 5.74) is -5.35. The van der Waals surface area contributed by atoms with E-state index in [2.05, 4.69) is 4.18 Å². The van der Waals surface area contributed by atoms with E-state index < -0.39 is 15.6 Å². The molecule has 98 valence electrons. The molecule has 17 heavy (non-hydrogen) atoms. The molecule has 0 spiro atoms. The standard InChI is InChI=1S/C10H13F3O3S/c1-6-2-7-3-8(6)5-9(4-7)16-17(14,15)10(11,12)13/h4,6-8H,2-3,5H2,1H3. The maximum atomic E-state index is 12.1. The zero-order chi connectivity index (χ0) is 12.8.